The van der Waals surface area contributed by atoms with Gasteiger partial charge < -0.3 is 19.6 Å². The molecule has 10 heteroatoms. The maximum Gasteiger partial charge on any atom is 0.152 e. The molecule has 5 heterocycles. The van der Waals surface area contributed by atoms with Gasteiger partial charge in [0.1, 0.15) is 16.5 Å². The first-order valence-corrected chi connectivity index (χ1v) is 13.5. The number of ether oxygens (including phenoxy) is 1. The molecule has 0 aromatic carbocycles. The van der Waals surface area contributed by atoms with Crippen molar-refractivity contribution in [3.8, 4) is 6.07 Å². The molecule has 1 spiro atoms. The van der Waals surface area contributed by atoms with Crippen molar-refractivity contribution in [3.63, 3.8) is 0 Å². The molecule has 0 saturated carbocycles. The van der Waals surface area contributed by atoms with E-state index in [4.69, 9.17) is 31.6 Å². The standard InChI is InChI=1S/C25H31ClN6O2S/c1-17-13-25(16-34-17)6-11-31(12-7-25)23-19(15-33)30-21(14-29-23)35-20-5-9-28-24(22(20)26)32-10-2-3-18(32)4-8-27/h5,9,14,17-18,33H,2-4,6-7,10-13,15-16H2,1H3/t17-,18?/m0/s1. The van der Waals surface area contributed by atoms with Gasteiger partial charge in [-0.05, 0) is 50.5 Å². The fourth-order valence-electron chi connectivity index (χ4n) is 5.65. The summed E-state index contributed by atoms with van der Waals surface area (Å²) in [7, 11) is 0. The molecule has 3 fully saturated rings. The van der Waals surface area contributed by atoms with E-state index in [0.717, 1.165) is 69.1 Å². The number of anilines is 2. The van der Waals surface area contributed by atoms with Gasteiger partial charge in [0.25, 0.3) is 0 Å². The highest BCUT2D eigenvalue weighted by Gasteiger charge is 2.41. The summed E-state index contributed by atoms with van der Waals surface area (Å²) in [5, 5.41) is 20.5. The third-order valence-corrected chi connectivity index (χ3v) is 8.95. The fourth-order valence-corrected chi connectivity index (χ4v) is 6.78. The number of rotatable bonds is 6. The van der Waals surface area contributed by atoms with Crippen LogP contribution in [-0.2, 0) is 11.3 Å². The van der Waals surface area contributed by atoms with Crippen LogP contribution >= 0.6 is 23.4 Å². The van der Waals surface area contributed by atoms with E-state index in [1.807, 2.05) is 6.07 Å². The second-order valence-electron chi connectivity index (χ2n) is 9.85. The van der Waals surface area contributed by atoms with E-state index in [-0.39, 0.29) is 18.1 Å². The smallest absolute Gasteiger partial charge is 0.152 e. The van der Waals surface area contributed by atoms with Crippen LogP contribution in [0.5, 0.6) is 0 Å². The van der Waals surface area contributed by atoms with Gasteiger partial charge in [-0.2, -0.15) is 5.26 Å². The zero-order valence-electron chi connectivity index (χ0n) is 20.0. The van der Waals surface area contributed by atoms with Crippen LogP contribution in [0.3, 0.4) is 0 Å². The highest BCUT2D eigenvalue weighted by molar-refractivity contribution is 7.99. The second kappa shape index (κ2) is 10.5. The summed E-state index contributed by atoms with van der Waals surface area (Å²) in [6.45, 7) is 5.46. The largest absolute Gasteiger partial charge is 0.390 e. The maximum atomic E-state index is 10.1. The fraction of sp³-hybridized carbons (Fsp3) is 0.600. The van der Waals surface area contributed by atoms with Crippen molar-refractivity contribution in [2.45, 2.75) is 74.1 Å². The monoisotopic (exact) mass is 514 g/mol. The Morgan fingerprint density at radius 1 is 1.29 bits per heavy atom. The van der Waals surface area contributed by atoms with Gasteiger partial charge in [-0.15, -0.1) is 0 Å². The molecule has 3 aliphatic heterocycles. The molecule has 186 valence electrons. The SMILES string of the molecule is C[C@H]1CC2(CCN(c3ncc(Sc4ccnc(N5CCCC5CC#N)c4Cl)nc3CO)CC2)CO1. The molecule has 0 radical (unpaired) electrons. The minimum Gasteiger partial charge on any atom is -0.390 e. The average molecular weight is 515 g/mol. The van der Waals surface area contributed by atoms with Crippen LogP contribution in [0, 0.1) is 16.7 Å². The number of hydrogen-bond acceptors (Lipinski definition) is 9. The predicted molar refractivity (Wildman–Crippen MR) is 136 cm³/mol. The minimum absolute atomic E-state index is 0.146. The van der Waals surface area contributed by atoms with E-state index >= 15 is 0 Å². The lowest BCUT2D eigenvalue weighted by Crippen LogP contribution is -2.41. The number of halogens is 1. The minimum atomic E-state index is -0.169. The molecule has 8 nitrogen and oxygen atoms in total. The Balaban J connectivity index is 1.31. The molecule has 0 amide bonds. The van der Waals surface area contributed by atoms with Crippen molar-refractivity contribution in [2.24, 2.45) is 5.41 Å². The highest BCUT2D eigenvalue weighted by atomic mass is 35.5. The number of aliphatic hydroxyl groups excluding tert-OH is 1. The lowest BCUT2D eigenvalue weighted by molar-refractivity contribution is 0.0975. The number of nitrogens with zero attached hydrogens (tertiary/aromatic N) is 6. The summed E-state index contributed by atoms with van der Waals surface area (Å²) < 4.78 is 5.85. The zero-order chi connectivity index (χ0) is 24.4. The first kappa shape index (κ1) is 24.6. The van der Waals surface area contributed by atoms with E-state index < -0.39 is 0 Å². The Labute approximate surface area is 215 Å². The van der Waals surface area contributed by atoms with Crippen LogP contribution < -0.4 is 9.80 Å². The molecular weight excluding hydrogens is 484 g/mol. The van der Waals surface area contributed by atoms with Gasteiger partial charge >= 0.3 is 0 Å². The molecule has 3 aliphatic rings. The molecule has 35 heavy (non-hydrogen) atoms. The summed E-state index contributed by atoms with van der Waals surface area (Å²) in [6, 6.07) is 4.29. The topological polar surface area (TPSA) is 98.4 Å². The van der Waals surface area contributed by atoms with Crippen molar-refractivity contribution in [1.82, 2.24) is 15.0 Å². The molecule has 1 unspecified atom stereocenters. The summed E-state index contributed by atoms with van der Waals surface area (Å²) >= 11 is 8.20. The van der Waals surface area contributed by atoms with Gasteiger partial charge in [-0.1, -0.05) is 23.4 Å². The van der Waals surface area contributed by atoms with Crippen LogP contribution in [0.25, 0.3) is 0 Å². The van der Waals surface area contributed by atoms with Gasteiger partial charge in [0.15, 0.2) is 5.82 Å². The third-order valence-electron chi connectivity index (χ3n) is 7.49. The van der Waals surface area contributed by atoms with Crippen LogP contribution in [-0.4, -0.2) is 58.4 Å². The number of hydrogen-bond donors (Lipinski definition) is 1. The normalized spacial score (nSPS) is 23.7. The summed E-state index contributed by atoms with van der Waals surface area (Å²) in [5.41, 5.74) is 0.872. The first-order valence-electron chi connectivity index (χ1n) is 12.3. The van der Waals surface area contributed by atoms with Crippen molar-refractivity contribution in [2.75, 3.05) is 36.0 Å². The van der Waals surface area contributed by atoms with Crippen LogP contribution in [0.2, 0.25) is 5.02 Å². The van der Waals surface area contributed by atoms with Crippen molar-refractivity contribution < 1.29 is 9.84 Å². The van der Waals surface area contributed by atoms with E-state index in [1.54, 1.807) is 12.4 Å². The molecule has 0 bridgehead atoms. The zero-order valence-corrected chi connectivity index (χ0v) is 21.6. The predicted octanol–water partition coefficient (Wildman–Crippen LogP) is 4.45. The quantitative estimate of drug-likeness (QED) is 0.599. The van der Waals surface area contributed by atoms with Gasteiger partial charge in [0.2, 0.25) is 0 Å². The molecular formula is C25H31ClN6O2S. The molecule has 2 atom stereocenters. The Kier molecular flexibility index (Phi) is 7.35. The van der Waals surface area contributed by atoms with E-state index in [9.17, 15) is 5.11 Å². The second-order valence-corrected chi connectivity index (χ2v) is 11.3. The average Bonchev–Trinajstić information content (AvgIpc) is 3.47. The molecule has 5 rings (SSSR count). The highest BCUT2D eigenvalue weighted by Crippen LogP contribution is 2.43. The number of aromatic nitrogens is 3. The van der Waals surface area contributed by atoms with Gasteiger partial charge in [0.05, 0.1) is 43.0 Å². The van der Waals surface area contributed by atoms with Crippen molar-refractivity contribution in [1.29, 1.82) is 5.26 Å². The summed E-state index contributed by atoms with van der Waals surface area (Å²) in [5.74, 6) is 1.48. The Bertz CT molecular complexity index is 1100. The van der Waals surface area contributed by atoms with Crippen molar-refractivity contribution in [3.05, 3.63) is 29.2 Å². The van der Waals surface area contributed by atoms with Gasteiger partial charge in [-0.3, -0.25) is 0 Å². The number of aliphatic hydroxyl groups is 1. The molecule has 2 aromatic rings. The van der Waals surface area contributed by atoms with Crippen molar-refractivity contribution >= 4 is 35.0 Å². The molecule has 2 aromatic heterocycles. The van der Waals surface area contributed by atoms with Gasteiger partial charge in [-0.25, -0.2) is 15.0 Å². The summed E-state index contributed by atoms with van der Waals surface area (Å²) in [4.78, 5) is 19.2. The maximum absolute atomic E-state index is 10.1. The van der Waals surface area contributed by atoms with Gasteiger partial charge in [0, 0.05) is 36.8 Å². The molecule has 1 N–H and O–H groups in total. The number of piperidine rings is 1. The van der Waals surface area contributed by atoms with Crippen LogP contribution in [0.1, 0.15) is 51.1 Å². The Morgan fingerprint density at radius 2 is 2.11 bits per heavy atom. The molecule has 0 aliphatic carbocycles. The Morgan fingerprint density at radius 3 is 2.83 bits per heavy atom. The lowest BCUT2D eigenvalue weighted by Gasteiger charge is -2.39. The van der Waals surface area contributed by atoms with E-state index in [0.29, 0.717) is 34.1 Å². The summed E-state index contributed by atoms with van der Waals surface area (Å²) in [6.07, 6.45) is 9.57. The van der Waals surface area contributed by atoms with Crippen LogP contribution in [0.4, 0.5) is 11.6 Å². The van der Waals surface area contributed by atoms with E-state index in [1.165, 1.54) is 11.8 Å². The van der Waals surface area contributed by atoms with E-state index in [2.05, 4.69) is 27.8 Å². The third kappa shape index (κ3) is 5.08. The Hall–Kier alpha value is -2.12. The van der Waals surface area contributed by atoms with Crippen LogP contribution in [0.15, 0.2) is 28.4 Å². The first-order chi connectivity index (χ1) is 17.0. The lowest BCUT2D eigenvalue weighted by atomic mass is 9.77. The number of pyridine rings is 1. The molecule has 3 saturated heterocycles. The number of nitriles is 1.